The van der Waals surface area contributed by atoms with Gasteiger partial charge in [0.05, 0.1) is 11.9 Å². The predicted octanol–water partition coefficient (Wildman–Crippen LogP) is 5.09. The van der Waals surface area contributed by atoms with Crippen molar-refractivity contribution in [2.75, 3.05) is 18.5 Å². The lowest BCUT2D eigenvalue weighted by Gasteiger charge is -2.19. The number of halogens is 4. The van der Waals surface area contributed by atoms with Crippen LogP contribution in [0.1, 0.15) is 16.1 Å². The van der Waals surface area contributed by atoms with Crippen molar-refractivity contribution in [1.82, 2.24) is 14.6 Å². The first-order chi connectivity index (χ1) is 15.8. The second-order valence-corrected chi connectivity index (χ2v) is 7.58. The summed E-state index contributed by atoms with van der Waals surface area (Å²) < 4.78 is 53.1. The number of hydrogen-bond acceptors (Lipinski definition) is 5. The molecule has 4 aromatic rings. The normalized spacial score (nSPS) is 13.2. The van der Waals surface area contributed by atoms with E-state index in [1.807, 2.05) is 0 Å². The van der Waals surface area contributed by atoms with Crippen LogP contribution in [0.25, 0.3) is 16.9 Å². The van der Waals surface area contributed by atoms with Crippen LogP contribution in [0.2, 0.25) is 5.02 Å². The van der Waals surface area contributed by atoms with Gasteiger partial charge in [-0.2, -0.15) is 18.3 Å². The summed E-state index contributed by atoms with van der Waals surface area (Å²) in [7, 11) is 0. The van der Waals surface area contributed by atoms with E-state index in [2.05, 4.69) is 15.4 Å². The Balaban J connectivity index is 1.62. The molecule has 0 radical (unpaired) electrons. The van der Waals surface area contributed by atoms with E-state index in [-0.39, 0.29) is 16.9 Å². The van der Waals surface area contributed by atoms with Gasteiger partial charge >= 0.3 is 6.18 Å². The highest BCUT2D eigenvalue weighted by atomic mass is 35.5. The molecule has 0 spiro atoms. The van der Waals surface area contributed by atoms with Crippen LogP contribution in [0.15, 0.2) is 54.7 Å². The molecule has 0 atom stereocenters. The van der Waals surface area contributed by atoms with Gasteiger partial charge in [-0.15, -0.1) is 0 Å². The number of carbonyl (C=O) groups excluding carboxylic acids is 1. The minimum Gasteiger partial charge on any atom is -0.486 e. The number of nitrogens with one attached hydrogen (secondary N) is 1. The maximum absolute atomic E-state index is 13.8. The van der Waals surface area contributed by atoms with Gasteiger partial charge in [0, 0.05) is 16.3 Å². The average molecular weight is 475 g/mol. The second kappa shape index (κ2) is 7.96. The fraction of sp³-hybridized carbons (Fsp3) is 0.136. The van der Waals surface area contributed by atoms with Crippen molar-refractivity contribution in [3.05, 3.63) is 71.0 Å². The summed E-state index contributed by atoms with van der Waals surface area (Å²) in [6, 6.07) is 12.0. The second-order valence-electron chi connectivity index (χ2n) is 7.14. The maximum Gasteiger partial charge on any atom is 0.433 e. The van der Waals surface area contributed by atoms with Gasteiger partial charge in [0.2, 0.25) is 0 Å². The molecule has 0 saturated heterocycles. The number of ether oxygens (including phenoxy) is 2. The molecule has 0 fully saturated rings. The number of amides is 1. The van der Waals surface area contributed by atoms with E-state index in [1.54, 1.807) is 36.4 Å². The van der Waals surface area contributed by atoms with Crippen molar-refractivity contribution in [3.8, 4) is 22.8 Å². The van der Waals surface area contributed by atoms with Gasteiger partial charge in [-0.3, -0.25) is 4.79 Å². The van der Waals surface area contributed by atoms with E-state index >= 15 is 0 Å². The Morgan fingerprint density at radius 2 is 1.85 bits per heavy atom. The summed E-state index contributed by atoms with van der Waals surface area (Å²) in [5, 5.41) is 6.77. The molecule has 33 heavy (non-hydrogen) atoms. The van der Waals surface area contributed by atoms with Crippen LogP contribution in [0.4, 0.5) is 18.9 Å². The third-order valence-corrected chi connectivity index (χ3v) is 5.16. The van der Waals surface area contributed by atoms with E-state index in [0.717, 1.165) is 12.3 Å². The Kier molecular flexibility index (Phi) is 5.09. The van der Waals surface area contributed by atoms with E-state index in [9.17, 15) is 18.0 Å². The number of benzene rings is 2. The smallest absolute Gasteiger partial charge is 0.433 e. The van der Waals surface area contributed by atoms with E-state index < -0.39 is 17.8 Å². The Morgan fingerprint density at radius 3 is 2.61 bits per heavy atom. The molecule has 11 heteroatoms. The SMILES string of the molecule is O=C(Nc1cccc(Cl)c1)c1cnn2c(C(F)(F)F)cc(-c3ccc4c(c3)OCCO4)nc12. The van der Waals surface area contributed by atoms with Crippen molar-refractivity contribution < 1.29 is 27.4 Å². The quantitative estimate of drug-likeness (QED) is 0.447. The zero-order valence-electron chi connectivity index (χ0n) is 16.7. The number of alkyl halides is 3. The van der Waals surface area contributed by atoms with Gasteiger partial charge in [0.15, 0.2) is 22.8 Å². The average Bonchev–Trinajstić information content (AvgIpc) is 3.21. The minimum atomic E-state index is -4.74. The van der Waals surface area contributed by atoms with Crippen LogP contribution in [0, 0.1) is 0 Å². The molecule has 0 saturated carbocycles. The molecule has 0 unspecified atom stereocenters. The van der Waals surface area contributed by atoms with Gasteiger partial charge in [-0.1, -0.05) is 17.7 Å². The minimum absolute atomic E-state index is 0.00380. The molecule has 168 valence electrons. The number of nitrogens with zero attached hydrogens (tertiary/aromatic N) is 3. The fourth-order valence-corrected chi connectivity index (χ4v) is 3.63. The largest absolute Gasteiger partial charge is 0.486 e. The Hall–Kier alpha value is -3.79. The fourth-order valence-electron chi connectivity index (χ4n) is 3.44. The van der Waals surface area contributed by atoms with Crippen LogP contribution in [0.5, 0.6) is 11.5 Å². The van der Waals surface area contributed by atoms with Crippen LogP contribution in [0.3, 0.4) is 0 Å². The molecule has 0 bridgehead atoms. The first kappa shape index (κ1) is 21.1. The van der Waals surface area contributed by atoms with E-state index in [4.69, 9.17) is 21.1 Å². The van der Waals surface area contributed by atoms with E-state index in [0.29, 0.717) is 45.5 Å². The lowest BCUT2D eigenvalue weighted by atomic mass is 10.1. The van der Waals surface area contributed by atoms with E-state index in [1.165, 1.54) is 6.07 Å². The van der Waals surface area contributed by atoms with Gasteiger partial charge in [-0.25, -0.2) is 9.50 Å². The summed E-state index contributed by atoms with van der Waals surface area (Å²) in [5.74, 6) is 0.224. The molecule has 5 rings (SSSR count). The summed E-state index contributed by atoms with van der Waals surface area (Å²) in [6.07, 6.45) is -3.69. The monoisotopic (exact) mass is 474 g/mol. The molecule has 1 amide bonds. The molecule has 1 N–H and O–H groups in total. The molecule has 1 aliphatic heterocycles. The zero-order chi connectivity index (χ0) is 23.2. The highest BCUT2D eigenvalue weighted by molar-refractivity contribution is 6.31. The predicted molar refractivity (Wildman–Crippen MR) is 114 cm³/mol. The lowest BCUT2D eigenvalue weighted by Crippen LogP contribution is -2.16. The number of carbonyl (C=O) groups is 1. The molecule has 7 nitrogen and oxygen atoms in total. The van der Waals surface area contributed by atoms with Crippen molar-refractivity contribution in [2.45, 2.75) is 6.18 Å². The molecular formula is C22H14ClF3N4O3. The number of hydrogen-bond donors (Lipinski definition) is 1. The van der Waals surface area contributed by atoms with Crippen molar-refractivity contribution in [2.24, 2.45) is 0 Å². The molecule has 2 aromatic carbocycles. The summed E-state index contributed by atoms with van der Waals surface area (Å²) in [4.78, 5) is 17.2. The number of rotatable bonds is 3. The molecular weight excluding hydrogens is 461 g/mol. The third-order valence-electron chi connectivity index (χ3n) is 4.93. The van der Waals surface area contributed by atoms with Gasteiger partial charge in [0.1, 0.15) is 18.8 Å². The lowest BCUT2D eigenvalue weighted by molar-refractivity contribution is -0.142. The van der Waals surface area contributed by atoms with Crippen molar-refractivity contribution in [1.29, 1.82) is 0 Å². The van der Waals surface area contributed by atoms with Crippen LogP contribution < -0.4 is 14.8 Å². The Morgan fingerprint density at radius 1 is 1.06 bits per heavy atom. The van der Waals surface area contributed by atoms with Crippen LogP contribution in [-0.2, 0) is 6.18 Å². The van der Waals surface area contributed by atoms with Gasteiger partial charge in [-0.05, 0) is 42.5 Å². The van der Waals surface area contributed by atoms with Gasteiger partial charge < -0.3 is 14.8 Å². The first-order valence-electron chi connectivity index (χ1n) is 9.72. The topological polar surface area (TPSA) is 77.8 Å². The highest BCUT2D eigenvalue weighted by Crippen LogP contribution is 2.37. The van der Waals surface area contributed by atoms with Crippen molar-refractivity contribution >= 4 is 28.8 Å². The number of fused-ring (bicyclic) bond motifs is 2. The van der Waals surface area contributed by atoms with Crippen LogP contribution in [-0.4, -0.2) is 33.7 Å². The summed E-state index contributed by atoms with van der Waals surface area (Å²) >= 11 is 5.93. The maximum atomic E-state index is 13.8. The summed E-state index contributed by atoms with van der Waals surface area (Å²) in [6.45, 7) is 0.711. The zero-order valence-corrected chi connectivity index (χ0v) is 17.4. The van der Waals surface area contributed by atoms with Crippen LogP contribution >= 0.6 is 11.6 Å². The van der Waals surface area contributed by atoms with Gasteiger partial charge in [0.25, 0.3) is 5.91 Å². The molecule has 1 aliphatic rings. The number of aromatic nitrogens is 3. The molecule has 2 aromatic heterocycles. The Labute approximate surface area is 189 Å². The Bertz CT molecular complexity index is 1390. The van der Waals surface area contributed by atoms with Crippen molar-refractivity contribution in [3.63, 3.8) is 0 Å². The highest BCUT2D eigenvalue weighted by Gasteiger charge is 2.36. The number of anilines is 1. The third kappa shape index (κ3) is 4.05. The summed E-state index contributed by atoms with van der Waals surface area (Å²) in [5.41, 5.74) is -0.682. The standard InChI is InChI=1S/C22H14ClF3N4O3/c23-13-2-1-3-14(9-13)28-21(31)15-11-27-30-19(22(24,25)26)10-16(29-20(15)30)12-4-5-17-18(8-12)33-7-6-32-17/h1-5,8-11H,6-7H2,(H,28,31). The molecule has 3 heterocycles. The first-order valence-corrected chi connectivity index (χ1v) is 10.1. The molecule has 0 aliphatic carbocycles.